The lowest BCUT2D eigenvalue weighted by molar-refractivity contribution is 0.446. The molecule has 1 aliphatic rings. The Bertz CT molecular complexity index is 1190. The second-order valence-electron chi connectivity index (χ2n) is 15.9. The average Bonchev–Trinajstić information content (AvgIpc) is 3.17. The highest BCUT2D eigenvalue weighted by Crippen LogP contribution is 2.65. The van der Waals surface area contributed by atoms with Gasteiger partial charge in [0.25, 0.3) is 0 Å². The Hall–Kier alpha value is -1.22. The Morgan fingerprint density at radius 2 is 1.05 bits per heavy atom. The molecular formula is C37H56P2. The van der Waals surface area contributed by atoms with Gasteiger partial charge in [-0.25, -0.2) is 0 Å². The molecule has 0 N–H and O–H groups in total. The highest BCUT2D eigenvalue weighted by atomic mass is 31.1. The highest BCUT2D eigenvalue weighted by molar-refractivity contribution is 7.61. The molecule has 0 aliphatic heterocycles. The molecule has 214 valence electrons. The van der Waals surface area contributed by atoms with Crippen LogP contribution in [0.1, 0.15) is 105 Å². The van der Waals surface area contributed by atoms with Gasteiger partial charge in [-0.3, -0.25) is 0 Å². The molecule has 2 heteroatoms. The summed E-state index contributed by atoms with van der Waals surface area (Å²) in [5.74, 6) is 0.267. The Kier molecular flexibility index (Phi) is 9.01. The molecule has 2 aromatic rings. The predicted octanol–water partition coefficient (Wildman–Crippen LogP) is 11.4. The van der Waals surface area contributed by atoms with Gasteiger partial charge in [0.15, 0.2) is 0 Å². The van der Waals surface area contributed by atoms with Crippen molar-refractivity contribution >= 4 is 17.2 Å². The first-order valence-electron chi connectivity index (χ1n) is 14.8. The minimum Gasteiger partial charge on any atom is -0.121 e. The minimum atomic E-state index is -0.310. The van der Waals surface area contributed by atoms with Gasteiger partial charge in [0.2, 0.25) is 0 Å². The standard InChI is InChI=1S/C37H56P2/c1-25-19-15-17-21-28(25)37(38,29-22-18-16-20-26(29)2)30-23-31(33(3,4)5)32(34(6,7)8)27(30)24-39(35(9,10)11)36(12,13)14/h15-23,30H,24,38H2,1-14H3. The maximum absolute atomic E-state index is 3.45. The second kappa shape index (κ2) is 10.9. The fourth-order valence-electron chi connectivity index (χ4n) is 6.98. The lowest BCUT2D eigenvalue weighted by atomic mass is 9.72. The van der Waals surface area contributed by atoms with Gasteiger partial charge in [-0.15, -0.1) is 9.24 Å². The third-order valence-electron chi connectivity index (χ3n) is 8.48. The number of rotatable bonds is 5. The predicted molar refractivity (Wildman–Crippen MR) is 182 cm³/mol. The molecule has 2 unspecified atom stereocenters. The van der Waals surface area contributed by atoms with Gasteiger partial charge < -0.3 is 0 Å². The SMILES string of the molecule is Cc1ccccc1C(P)(c1ccccc1C)C1C=C(C(C)(C)C)C(C(C)(C)C)=C1CP(C(C)(C)C)C(C)(C)C. The Morgan fingerprint density at radius 1 is 0.641 bits per heavy atom. The normalized spacial score (nSPS) is 17.7. The molecule has 0 heterocycles. The highest BCUT2D eigenvalue weighted by Gasteiger charge is 2.49. The molecule has 0 saturated heterocycles. The third kappa shape index (κ3) is 6.49. The van der Waals surface area contributed by atoms with E-state index in [1.165, 1.54) is 28.4 Å². The number of hydrogen-bond acceptors (Lipinski definition) is 0. The van der Waals surface area contributed by atoms with E-state index in [0.29, 0.717) is 0 Å². The van der Waals surface area contributed by atoms with Crippen molar-refractivity contribution in [2.75, 3.05) is 6.16 Å². The first-order chi connectivity index (χ1) is 17.6. The molecule has 0 bridgehead atoms. The summed E-state index contributed by atoms with van der Waals surface area (Å²) in [6, 6.07) is 18.2. The first kappa shape index (κ1) is 32.3. The van der Waals surface area contributed by atoms with Crippen LogP contribution in [0.15, 0.2) is 71.3 Å². The topological polar surface area (TPSA) is 0 Å². The lowest BCUT2D eigenvalue weighted by Gasteiger charge is -2.46. The average molecular weight is 563 g/mol. The van der Waals surface area contributed by atoms with Crippen LogP contribution in [0.3, 0.4) is 0 Å². The quantitative estimate of drug-likeness (QED) is 0.318. The fraction of sp³-hybridized carbons (Fsp3) is 0.568. The molecule has 0 fully saturated rings. The van der Waals surface area contributed by atoms with E-state index in [0.717, 1.165) is 0 Å². The van der Waals surface area contributed by atoms with Crippen molar-refractivity contribution < 1.29 is 0 Å². The van der Waals surface area contributed by atoms with Gasteiger partial charge in [-0.1, -0.05) is 151 Å². The van der Waals surface area contributed by atoms with Gasteiger partial charge >= 0.3 is 0 Å². The van der Waals surface area contributed by atoms with E-state index in [-0.39, 0.29) is 40.1 Å². The van der Waals surface area contributed by atoms with E-state index in [1.807, 2.05) is 0 Å². The molecule has 0 nitrogen and oxygen atoms in total. The van der Waals surface area contributed by atoms with Gasteiger partial charge in [-0.2, -0.15) is 0 Å². The van der Waals surface area contributed by atoms with Crippen molar-refractivity contribution in [3.63, 3.8) is 0 Å². The van der Waals surface area contributed by atoms with Gasteiger partial charge in [0.1, 0.15) is 0 Å². The third-order valence-corrected chi connectivity index (χ3v) is 13.4. The van der Waals surface area contributed by atoms with Gasteiger partial charge in [0.05, 0.1) is 0 Å². The summed E-state index contributed by atoms with van der Waals surface area (Å²) in [6.45, 7) is 34.0. The summed E-state index contributed by atoms with van der Waals surface area (Å²) < 4.78 is 0. The number of aryl methyl sites for hydroxylation is 2. The van der Waals surface area contributed by atoms with Crippen LogP contribution in [-0.2, 0) is 5.16 Å². The molecular weight excluding hydrogens is 506 g/mol. The summed E-state index contributed by atoms with van der Waals surface area (Å²) >= 11 is 0. The zero-order valence-electron chi connectivity index (χ0n) is 27.5. The molecule has 2 aromatic carbocycles. The van der Waals surface area contributed by atoms with E-state index in [1.54, 1.807) is 16.7 Å². The number of allylic oxidation sites excluding steroid dienone is 4. The van der Waals surface area contributed by atoms with Crippen LogP contribution < -0.4 is 0 Å². The van der Waals surface area contributed by atoms with Crippen molar-refractivity contribution in [3.05, 3.63) is 93.6 Å². The summed E-state index contributed by atoms with van der Waals surface area (Å²) in [7, 11) is 3.14. The molecule has 3 rings (SSSR count). The molecule has 0 radical (unpaired) electrons. The van der Waals surface area contributed by atoms with Gasteiger partial charge in [-0.05, 0) is 74.6 Å². The van der Waals surface area contributed by atoms with Crippen LogP contribution in [-0.4, -0.2) is 16.5 Å². The summed E-state index contributed by atoms with van der Waals surface area (Å²) in [6.07, 6.45) is 3.87. The maximum atomic E-state index is 3.45. The van der Waals surface area contributed by atoms with Crippen molar-refractivity contribution in [2.24, 2.45) is 16.7 Å². The molecule has 39 heavy (non-hydrogen) atoms. The molecule has 0 aromatic heterocycles. The zero-order valence-corrected chi connectivity index (χ0v) is 29.6. The van der Waals surface area contributed by atoms with E-state index in [2.05, 4.69) is 161 Å². The van der Waals surface area contributed by atoms with Crippen molar-refractivity contribution in [3.8, 4) is 0 Å². The van der Waals surface area contributed by atoms with Crippen molar-refractivity contribution in [1.29, 1.82) is 0 Å². The maximum Gasteiger partial charge on any atom is 0.0449 e. The molecule has 0 spiro atoms. The van der Waals surface area contributed by atoms with Crippen LogP contribution in [0.4, 0.5) is 0 Å². The van der Waals surface area contributed by atoms with Crippen LogP contribution in [0.2, 0.25) is 0 Å². The first-order valence-corrected chi connectivity index (χ1v) is 16.9. The molecule has 0 amide bonds. The smallest absolute Gasteiger partial charge is 0.0449 e. The van der Waals surface area contributed by atoms with Gasteiger partial charge in [0, 0.05) is 11.1 Å². The van der Waals surface area contributed by atoms with Crippen LogP contribution in [0.5, 0.6) is 0 Å². The zero-order chi connectivity index (χ0) is 29.8. The van der Waals surface area contributed by atoms with Crippen molar-refractivity contribution in [1.82, 2.24) is 0 Å². The summed E-state index contributed by atoms with van der Waals surface area (Å²) in [5, 5.41) is 0.257. The van der Waals surface area contributed by atoms with Crippen LogP contribution >= 0.6 is 17.2 Å². The van der Waals surface area contributed by atoms with Crippen molar-refractivity contribution in [2.45, 2.75) is 112 Å². The summed E-state index contributed by atoms with van der Waals surface area (Å²) in [5.41, 5.74) is 10.5. The molecule has 0 saturated carbocycles. The Labute approximate surface area is 245 Å². The Morgan fingerprint density at radius 3 is 1.38 bits per heavy atom. The molecule has 2 atom stereocenters. The Balaban J connectivity index is 2.50. The minimum absolute atomic E-state index is 0.0585. The monoisotopic (exact) mass is 562 g/mol. The molecule has 1 aliphatic carbocycles. The number of benzene rings is 2. The largest absolute Gasteiger partial charge is 0.121 e. The van der Waals surface area contributed by atoms with E-state index in [4.69, 9.17) is 0 Å². The van der Waals surface area contributed by atoms with E-state index < -0.39 is 0 Å². The number of hydrogen-bond donors (Lipinski definition) is 0. The fourth-order valence-corrected chi connectivity index (χ4v) is 11.6. The van der Waals surface area contributed by atoms with E-state index >= 15 is 0 Å². The van der Waals surface area contributed by atoms with Crippen LogP contribution in [0.25, 0.3) is 0 Å². The lowest BCUT2D eigenvalue weighted by Crippen LogP contribution is -2.35. The van der Waals surface area contributed by atoms with Crippen LogP contribution in [0, 0.1) is 30.6 Å². The second-order valence-corrected chi connectivity index (χ2v) is 20.7. The van der Waals surface area contributed by atoms with E-state index in [9.17, 15) is 0 Å². The summed E-state index contributed by atoms with van der Waals surface area (Å²) in [4.78, 5) is 0.